The Bertz CT molecular complexity index is 157. The summed E-state index contributed by atoms with van der Waals surface area (Å²) in [6.45, 7) is 3.90. The maximum atomic E-state index is 11.1. The molecule has 70 valence electrons. The third-order valence-electron chi connectivity index (χ3n) is 2.56. The highest BCUT2D eigenvalue weighted by Crippen LogP contribution is 2.31. The van der Waals surface area contributed by atoms with Crippen LogP contribution in [0.1, 0.15) is 52.4 Å². The fourth-order valence-electron chi connectivity index (χ4n) is 1.75. The van der Waals surface area contributed by atoms with E-state index < -0.39 is 0 Å². The molecular weight excluding hydrogens is 152 g/mol. The minimum Gasteiger partial charge on any atom is -0.459 e. The second-order valence-electron chi connectivity index (χ2n) is 3.84. The van der Waals surface area contributed by atoms with Crippen LogP contribution in [0.25, 0.3) is 0 Å². The molecule has 12 heavy (non-hydrogen) atoms. The Kier molecular flexibility index (Phi) is 3.12. The van der Waals surface area contributed by atoms with E-state index in [1.165, 1.54) is 19.3 Å². The molecule has 0 aromatic heterocycles. The van der Waals surface area contributed by atoms with E-state index >= 15 is 0 Å². The molecule has 0 spiro atoms. The molecule has 2 nitrogen and oxygen atoms in total. The summed E-state index contributed by atoms with van der Waals surface area (Å²) in [5.74, 6) is -0.0561. The number of rotatable bonds is 2. The highest BCUT2D eigenvalue weighted by atomic mass is 16.6. The Hall–Kier alpha value is -0.530. The number of hydrogen-bond donors (Lipinski definition) is 0. The SMILES string of the molecule is CCC(=O)OC1(C)CCCCC1. The van der Waals surface area contributed by atoms with Crippen molar-refractivity contribution >= 4 is 5.97 Å². The molecule has 1 aliphatic carbocycles. The minimum absolute atomic E-state index is 0.0561. The van der Waals surface area contributed by atoms with Gasteiger partial charge < -0.3 is 4.74 Å². The molecule has 0 amide bonds. The molecule has 1 saturated carbocycles. The van der Waals surface area contributed by atoms with Crippen LogP contribution in [0, 0.1) is 0 Å². The molecule has 0 atom stereocenters. The van der Waals surface area contributed by atoms with Gasteiger partial charge >= 0.3 is 5.97 Å². The largest absolute Gasteiger partial charge is 0.459 e. The molecular formula is C10H18O2. The van der Waals surface area contributed by atoms with Crippen LogP contribution >= 0.6 is 0 Å². The standard InChI is InChI=1S/C10H18O2/c1-3-9(11)12-10(2)7-5-4-6-8-10/h3-8H2,1-2H3. The lowest BCUT2D eigenvalue weighted by Crippen LogP contribution is -2.33. The highest BCUT2D eigenvalue weighted by molar-refractivity contribution is 5.69. The molecule has 0 bridgehead atoms. The molecule has 2 heteroatoms. The van der Waals surface area contributed by atoms with Crippen molar-refractivity contribution in [3.05, 3.63) is 0 Å². The van der Waals surface area contributed by atoms with E-state index in [-0.39, 0.29) is 11.6 Å². The van der Waals surface area contributed by atoms with Crippen LogP contribution in [-0.4, -0.2) is 11.6 Å². The van der Waals surface area contributed by atoms with E-state index in [0.29, 0.717) is 6.42 Å². The average Bonchev–Trinajstić information content (AvgIpc) is 2.05. The first kappa shape index (κ1) is 9.56. The molecule has 1 aliphatic rings. The predicted octanol–water partition coefficient (Wildman–Crippen LogP) is 2.66. The monoisotopic (exact) mass is 170 g/mol. The Morgan fingerprint density at radius 3 is 2.42 bits per heavy atom. The number of carbonyl (C=O) groups excluding carboxylic acids is 1. The molecule has 0 aromatic rings. The predicted molar refractivity (Wildman–Crippen MR) is 47.9 cm³/mol. The first-order valence-corrected chi connectivity index (χ1v) is 4.88. The summed E-state index contributed by atoms with van der Waals surface area (Å²) < 4.78 is 5.39. The van der Waals surface area contributed by atoms with Crippen LogP contribution in [0.2, 0.25) is 0 Å². The summed E-state index contributed by atoms with van der Waals surface area (Å²) in [4.78, 5) is 11.1. The van der Waals surface area contributed by atoms with Crippen molar-refractivity contribution in [3.63, 3.8) is 0 Å². The van der Waals surface area contributed by atoms with Crippen molar-refractivity contribution < 1.29 is 9.53 Å². The smallest absolute Gasteiger partial charge is 0.306 e. The normalized spacial score (nSPS) is 21.8. The van der Waals surface area contributed by atoms with Crippen molar-refractivity contribution in [1.82, 2.24) is 0 Å². The van der Waals surface area contributed by atoms with E-state index in [0.717, 1.165) is 12.8 Å². The van der Waals surface area contributed by atoms with Crippen molar-refractivity contribution in [2.45, 2.75) is 58.0 Å². The van der Waals surface area contributed by atoms with Crippen LogP contribution in [0.5, 0.6) is 0 Å². The summed E-state index contributed by atoms with van der Waals surface area (Å²) in [6, 6.07) is 0. The Labute approximate surface area is 74.3 Å². The molecule has 0 N–H and O–H groups in total. The summed E-state index contributed by atoms with van der Waals surface area (Å²) in [5.41, 5.74) is -0.147. The van der Waals surface area contributed by atoms with E-state index in [9.17, 15) is 4.79 Å². The molecule has 0 saturated heterocycles. The summed E-state index contributed by atoms with van der Waals surface area (Å²) in [5, 5.41) is 0. The van der Waals surface area contributed by atoms with Gasteiger partial charge in [0.1, 0.15) is 5.60 Å². The molecule has 1 rings (SSSR count). The van der Waals surface area contributed by atoms with E-state index in [4.69, 9.17) is 4.74 Å². The molecule has 1 fully saturated rings. The van der Waals surface area contributed by atoms with Crippen LogP contribution in [0.4, 0.5) is 0 Å². The fraction of sp³-hybridized carbons (Fsp3) is 0.900. The van der Waals surface area contributed by atoms with Gasteiger partial charge in [-0.15, -0.1) is 0 Å². The summed E-state index contributed by atoms with van der Waals surface area (Å²) in [7, 11) is 0. The van der Waals surface area contributed by atoms with E-state index in [1.54, 1.807) is 0 Å². The molecule has 0 aliphatic heterocycles. The Balaban J connectivity index is 2.41. The van der Waals surface area contributed by atoms with Gasteiger partial charge in [-0.3, -0.25) is 4.79 Å². The van der Waals surface area contributed by atoms with Crippen LogP contribution in [0.15, 0.2) is 0 Å². The van der Waals surface area contributed by atoms with Crippen LogP contribution in [0.3, 0.4) is 0 Å². The van der Waals surface area contributed by atoms with Gasteiger partial charge in [0.05, 0.1) is 0 Å². The third kappa shape index (κ3) is 2.50. The van der Waals surface area contributed by atoms with E-state index in [1.807, 2.05) is 6.92 Å². The van der Waals surface area contributed by atoms with E-state index in [2.05, 4.69) is 6.92 Å². The molecule has 0 heterocycles. The summed E-state index contributed by atoms with van der Waals surface area (Å²) in [6.07, 6.45) is 6.27. The zero-order chi connectivity index (χ0) is 9.03. The van der Waals surface area contributed by atoms with Gasteiger partial charge in [0.25, 0.3) is 0 Å². The number of ether oxygens (including phenoxy) is 1. The molecule has 0 aromatic carbocycles. The van der Waals surface area contributed by atoms with Crippen LogP contribution < -0.4 is 0 Å². The number of hydrogen-bond acceptors (Lipinski definition) is 2. The second kappa shape index (κ2) is 3.92. The van der Waals surface area contributed by atoms with Crippen molar-refractivity contribution in [1.29, 1.82) is 0 Å². The number of esters is 1. The zero-order valence-corrected chi connectivity index (χ0v) is 8.06. The lowest BCUT2D eigenvalue weighted by atomic mass is 9.86. The van der Waals surface area contributed by atoms with Crippen LogP contribution in [-0.2, 0) is 9.53 Å². The third-order valence-corrected chi connectivity index (χ3v) is 2.56. The summed E-state index contributed by atoms with van der Waals surface area (Å²) >= 11 is 0. The van der Waals surface area contributed by atoms with Gasteiger partial charge in [-0.25, -0.2) is 0 Å². The maximum absolute atomic E-state index is 11.1. The minimum atomic E-state index is -0.147. The van der Waals surface area contributed by atoms with Gasteiger partial charge in [-0.2, -0.15) is 0 Å². The maximum Gasteiger partial charge on any atom is 0.306 e. The van der Waals surface area contributed by atoms with Crippen molar-refractivity contribution in [3.8, 4) is 0 Å². The molecule has 0 unspecified atom stereocenters. The average molecular weight is 170 g/mol. The Morgan fingerprint density at radius 1 is 1.33 bits per heavy atom. The highest BCUT2D eigenvalue weighted by Gasteiger charge is 2.29. The van der Waals surface area contributed by atoms with Gasteiger partial charge in [-0.05, 0) is 32.6 Å². The van der Waals surface area contributed by atoms with Gasteiger partial charge in [-0.1, -0.05) is 13.3 Å². The van der Waals surface area contributed by atoms with Crippen molar-refractivity contribution in [2.75, 3.05) is 0 Å². The Morgan fingerprint density at radius 2 is 1.92 bits per heavy atom. The lowest BCUT2D eigenvalue weighted by molar-refractivity contribution is -0.160. The number of carbonyl (C=O) groups is 1. The zero-order valence-electron chi connectivity index (χ0n) is 8.06. The topological polar surface area (TPSA) is 26.3 Å². The van der Waals surface area contributed by atoms with Gasteiger partial charge in [0.15, 0.2) is 0 Å². The molecule has 0 radical (unpaired) electrons. The second-order valence-corrected chi connectivity index (χ2v) is 3.84. The first-order chi connectivity index (χ1) is 5.66. The van der Waals surface area contributed by atoms with Gasteiger partial charge in [0, 0.05) is 6.42 Å². The van der Waals surface area contributed by atoms with Crippen molar-refractivity contribution in [2.24, 2.45) is 0 Å². The first-order valence-electron chi connectivity index (χ1n) is 4.88. The fourth-order valence-corrected chi connectivity index (χ4v) is 1.75. The lowest BCUT2D eigenvalue weighted by Gasteiger charge is -2.33. The quantitative estimate of drug-likeness (QED) is 0.595. The van der Waals surface area contributed by atoms with Gasteiger partial charge in [0.2, 0.25) is 0 Å².